The zero-order valence-corrected chi connectivity index (χ0v) is 11.6. The summed E-state index contributed by atoms with van der Waals surface area (Å²) in [4.78, 5) is 0. The molecule has 0 radical (unpaired) electrons. The fourth-order valence-corrected chi connectivity index (χ4v) is 2.33. The molecule has 2 N–H and O–H groups in total. The molecule has 0 aromatic heterocycles. The third kappa shape index (κ3) is 2.82. The standard InChI is InChI=1S/C14H11BrF3N/c1-7-4-10(13(18)6-12(7)17)14(19)9-5-8(16)2-3-11(9)15/h2-6,14H,19H2,1H3. The van der Waals surface area contributed by atoms with Gasteiger partial charge >= 0.3 is 0 Å². The van der Waals surface area contributed by atoms with Gasteiger partial charge in [-0.25, -0.2) is 13.2 Å². The Hall–Kier alpha value is -1.33. The van der Waals surface area contributed by atoms with Crippen LogP contribution in [0.4, 0.5) is 13.2 Å². The number of nitrogens with two attached hydrogens (primary N) is 1. The summed E-state index contributed by atoms with van der Waals surface area (Å²) in [5, 5.41) is 0. The van der Waals surface area contributed by atoms with E-state index in [1.807, 2.05) is 0 Å². The number of hydrogen-bond donors (Lipinski definition) is 1. The Balaban J connectivity index is 2.52. The molecule has 1 atom stereocenters. The van der Waals surface area contributed by atoms with Crippen molar-refractivity contribution in [1.82, 2.24) is 0 Å². The predicted molar refractivity (Wildman–Crippen MR) is 71.2 cm³/mol. The first-order valence-corrected chi connectivity index (χ1v) is 6.35. The second-order valence-electron chi connectivity index (χ2n) is 4.27. The lowest BCUT2D eigenvalue weighted by atomic mass is 9.97. The van der Waals surface area contributed by atoms with Gasteiger partial charge in [0.1, 0.15) is 17.5 Å². The highest BCUT2D eigenvalue weighted by Crippen LogP contribution is 2.30. The van der Waals surface area contributed by atoms with Crippen LogP contribution in [0, 0.1) is 24.4 Å². The van der Waals surface area contributed by atoms with E-state index in [9.17, 15) is 13.2 Å². The fraction of sp³-hybridized carbons (Fsp3) is 0.143. The smallest absolute Gasteiger partial charge is 0.131 e. The molecule has 0 amide bonds. The van der Waals surface area contributed by atoms with Gasteiger partial charge in [0.15, 0.2) is 0 Å². The molecule has 0 aliphatic rings. The Bertz CT molecular complexity index is 628. The van der Waals surface area contributed by atoms with Crippen LogP contribution in [-0.4, -0.2) is 0 Å². The lowest BCUT2D eigenvalue weighted by Crippen LogP contribution is -2.15. The second kappa shape index (κ2) is 5.35. The molecule has 0 aliphatic heterocycles. The van der Waals surface area contributed by atoms with Gasteiger partial charge < -0.3 is 5.73 Å². The zero-order valence-electron chi connectivity index (χ0n) is 10.1. The summed E-state index contributed by atoms with van der Waals surface area (Å²) in [6.45, 7) is 1.52. The van der Waals surface area contributed by atoms with Crippen LogP contribution in [0.5, 0.6) is 0 Å². The molecule has 5 heteroatoms. The fourth-order valence-electron chi connectivity index (χ4n) is 1.84. The van der Waals surface area contributed by atoms with Gasteiger partial charge in [-0.2, -0.15) is 0 Å². The summed E-state index contributed by atoms with van der Waals surface area (Å²) < 4.78 is 40.8. The molecule has 1 unspecified atom stereocenters. The average Bonchev–Trinajstić information content (AvgIpc) is 2.36. The molecule has 2 rings (SSSR count). The average molecular weight is 330 g/mol. The Morgan fingerprint density at radius 2 is 1.68 bits per heavy atom. The highest BCUT2D eigenvalue weighted by Gasteiger charge is 2.18. The Kier molecular flexibility index (Phi) is 3.96. The first kappa shape index (κ1) is 14.1. The van der Waals surface area contributed by atoms with Crippen LogP contribution in [0.3, 0.4) is 0 Å². The van der Waals surface area contributed by atoms with E-state index in [4.69, 9.17) is 5.73 Å². The van der Waals surface area contributed by atoms with Crippen molar-refractivity contribution in [2.75, 3.05) is 0 Å². The quantitative estimate of drug-likeness (QED) is 0.876. The summed E-state index contributed by atoms with van der Waals surface area (Å²) >= 11 is 3.24. The maximum Gasteiger partial charge on any atom is 0.131 e. The molecule has 0 spiro atoms. The van der Waals surface area contributed by atoms with Crippen LogP contribution in [0.15, 0.2) is 34.8 Å². The van der Waals surface area contributed by atoms with Crippen molar-refractivity contribution in [3.63, 3.8) is 0 Å². The second-order valence-corrected chi connectivity index (χ2v) is 5.12. The van der Waals surface area contributed by atoms with Crippen molar-refractivity contribution in [2.24, 2.45) is 5.73 Å². The molecule has 0 heterocycles. The molecule has 0 aliphatic carbocycles. The van der Waals surface area contributed by atoms with E-state index in [0.29, 0.717) is 15.6 Å². The summed E-state index contributed by atoms with van der Waals surface area (Å²) in [6, 6.07) is 5.26. The van der Waals surface area contributed by atoms with E-state index >= 15 is 0 Å². The van der Waals surface area contributed by atoms with Crippen LogP contribution in [0.25, 0.3) is 0 Å². The first-order chi connectivity index (χ1) is 8.90. The molecule has 19 heavy (non-hydrogen) atoms. The van der Waals surface area contributed by atoms with Gasteiger partial charge in [0, 0.05) is 16.1 Å². The highest BCUT2D eigenvalue weighted by atomic mass is 79.9. The number of rotatable bonds is 2. The summed E-state index contributed by atoms with van der Waals surface area (Å²) in [5.41, 5.74) is 6.77. The van der Waals surface area contributed by atoms with Crippen molar-refractivity contribution < 1.29 is 13.2 Å². The van der Waals surface area contributed by atoms with Crippen molar-refractivity contribution in [3.8, 4) is 0 Å². The normalized spacial score (nSPS) is 12.5. The van der Waals surface area contributed by atoms with E-state index in [-0.39, 0.29) is 5.56 Å². The van der Waals surface area contributed by atoms with E-state index in [0.717, 1.165) is 6.07 Å². The van der Waals surface area contributed by atoms with Crippen molar-refractivity contribution >= 4 is 15.9 Å². The van der Waals surface area contributed by atoms with E-state index in [2.05, 4.69) is 15.9 Å². The molecule has 0 fully saturated rings. The first-order valence-electron chi connectivity index (χ1n) is 5.56. The van der Waals surface area contributed by atoms with E-state index in [1.54, 1.807) is 0 Å². The molecule has 2 aromatic rings. The zero-order chi connectivity index (χ0) is 14.2. The third-order valence-corrected chi connectivity index (χ3v) is 3.63. The van der Waals surface area contributed by atoms with Gasteiger partial charge in [0.2, 0.25) is 0 Å². The molecule has 1 nitrogen and oxygen atoms in total. The minimum absolute atomic E-state index is 0.130. The molecule has 100 valence electrons. The third-order valence-electron chi connectivity index (χ3n) is 2.91. The number of halogens is 4. The molecular formula is C14H11BrF3N. The van der Waals surface area contributed by atoms with Gasteiger partial charge in [0.25, 0.3) is 0 Å². The van der Waals surface area contributed by atoms with Crippen LogP contribution >= 0.6 is 15.9 Å². The van der Waals surface area contributed by atoms with Gasteiger partial charge in [-0.05, 0) is 42.3 Å². The van der Waals surface area contributed by atoms with Crippen LogP contribution in [-0.2, 0) is 0 Å². The van der Waals surface area contributed by atoms with Gasteiger partial charge in [-0.3, -0.25) is 0 Å². The number of benzene rings is 2. The largest absolute Gasteiger partial charge is 0.320 e. The predicted octanol–water partition coefficient (Wildman–Crippen LogP) is 4.22. The molecule has 0 bridgehead atoms. The SMILES string of the molecule is Cc1cc(C(N)c2cc(F)ccc2Br)c(F)cc1F. The lowest BCUT2D eigenvalue weighted by molar-refractivity contribution is 0.559. The Labute approximate surface area is 117 Å². The number of hydrogen-bond acceptors (Lipinski definition) is 1. The van der Waals surface area contributed by atoms with Gasteiger partial charge in [-0.15, -0.1) is 0 Å². The molecular weight excluding hydrogens is 319 g/mol. The van der Waals surface area contributed by atoms with E-state index < -0.39 is 23.5 Å². The van der Waals surface area contributed by atoms with Crippen molar-refractivity contribution in [2.45, 2.75) is 13.0 Å². The van der Waals surface area contributed by atoms with Crippen LogP contribution < -0.4 is 5.73 Å². The summed E-state index contributed by atoms with van der Waals surface area (Å²) in [5.74, 6) is -1.84. The maximum absolute atomic E-state index is 13.8. The maximum atomic E-state index is 13.8. The lowest BCUT2D eigenvalue weighted by Gasteiger charge is -2.16. The van der Waals surface area contributed by atoms with Crippen LogP contribution in [0.1, 0.15) is 22.7 Å². The monoisotopic (exact) mass is 329 g/mol. The molecule has 2 aromatic carbocycles. The highest BCUT2D eigenvalue weighted by molar-refractivity contribution is 9.10. The Morgan fingerprint density at radius 3 is 2.37 bits per heavy atom. The summed E-state index contributed by atoms with van der Waals surface area (Å²) in [7, 11) is 0. The minimum Gasteiger partial charge on any atom is -0.320 e. The van der Waals surface area contributed by atoms with Gasteiger partial charge in [-0.1, -0.05) is 15.9 Å². The minimum atomic E-state index is -0.871. The Morgan fingerprint density at radius 1 is 1.00 bits per heavy atom. The van der Waals surface area contributed by atoms with Gasteiger partial charge in [0.05, 0.1) is 6.04 Å². The molecule has 0 saturated heterocycles. The number of aryl methyl sites for hydroxylation is 1. The van der Waals surface area contributed by atoms with Crippen molar-refractivity contribution in [3.05, 3.63) is 68.9 Å². The topological polar surface area (TPSA) is 26.0 Å². The van der Waals surface area contributed by atoms with E-state index in [1.165, 1.54) is 31.2 Å². The molecule has 0 saturated carbocycles. The van der Waals surface area contributed by atoms with Crippen molar-refractivity contribution in [1.29, 1.82) is 0 Å². The van der Waals surface area contributed by atoms with Crippen LogP contribution in [0.2, 0.25) is 0 Å². The summed E-state index contributed by atoms with van der Waals surface area (Å²) in [6.07, 6.45) is 0.